The van der Waals surface area contributed by atoms with Crippen molar-refractivity contribution >= 4 is 37.8 Å². The molecule has 1 rings (SSSR count). The van der Waals surface area contributed by atoms with Gasteiger partial charge in [0.05, 0.1) is 16.5 Å². The van der Waals surface area contributed by atoms with Crippen LogP contribution in [0.15, 0.2) is 27.6 Å². The third-order valence-electron chi connectivity index (χ3n) is 2.62. The highest BCUT2D eigenvalue weighted by molar-refractivity contribution is 9.10. The minimum Gasteiger partial charge on any atom is -0.478 e. The smallest absolute Gasteiger partial charge is 0.336 e. The van der Waals surface area contributed by atoms with Crippen molar-refractivity contribution in [2.75, 3.05) is 14.1 Å². The highest BCUT2D eigenvalue weighted by Crippen LogP contribution is 2.21. The third kappa shape index (κ3) is 4.26. The lowest BCUT2D eigenvalue weighted by molar-refractivity contribution is -0.130. The zero-order chi connectivity index (χ0) is 16.4. The second kappa shape index (κ2) is 6.54. The van der Waals surface area contributed by atoms with Crippen LogP contribution in [0, 0.1) is 0 Å². The number of rotatable bonds is 5. The molecule has 0 radical (unpaired) electrons. The van der Waals surface area contributed by atoms with Crippen LogP contribution in [-0.2, 0) is 14.8 Å². The van der Waals surface area contributed by atoms with Gasteiger partial charge in [0.1, 0.15) is 0 Å². The van der Waals surface area contributed by atoms with Crippen molar-refractivity contribution in [1.29, 1.82) is 0 Å². The first-order chi connectivity index (χ1) is 9.56. The molecule has 0 saturated carbocycles. The Morgan fingerprint density at radius 1 is 1.33 bits per heavy atom. The lowest BCUT2D eigenvalue weighted by atomic mass is 10.2. The summed E-state index contributed by atoms with van der Waals surface area (Å²) in [5.41, 5.74) is -0.176. The molecule has 0 bridgehead atoms. The summed E-state index contributed by atoms with van der Waals surface area (Å²) in [5.74, 6) is -1.66. The summed E-state index contributed by atoms with van der Waals surface area (Å²) >= 11 is 3.03. The summed E-state index contributed by atoms with van der Waals surface area (Å²) in [7, 11) is -0.974. The van der Waals surface area contributed by atoms with Crippen molar-refractivity contribution in [2.45, 2.75) is 17.9 Å². The van der Waals surface area contributed by atoms with Crippen molar-refractivity contribution < 1.29 is 23.1 Å². The van der Waals surface area contributed by atoms with Crippen LogP contribution in [0.5, 0.6) is 0 Å². The van der Waals surface area contributed by atoms with E-state index in [-0.39, 0.29) is 14.9 Å². The Balaban J connectivity index is 3.12. The molecule has 0 aromatic heterocycles. The predicted octanol–water partition coefficient (Wildman–Crippen LogP) is 0.902. The van der Waals surface area contributed by atoms with Crippen molar-refractivity contribution in [1.82, 2.24) is 9.62 Å². The maximum Gasteiger partial charge on any atom is 0.336 e. The van der Waals surface area contributed by atoms with Gasteiger partial charge in [0.2, 0.25) is 15.9 Å². The summed E-state index contributed by atoms with van der Waals surface area (Å²) in [4.78, 5) is 23.7. The van der Waals surface area contributed by atoms with Crippen LogP contribution in [0.2, 0.25) is 0 Å². The molecule has 0 saturated heterocycles. The molecule has 0 aliphatic carbocycles. The number of nitrogens with zero attached hydrogens (tertiary/aromatic N) is 1. The SMILES string of the molecule is CC(NS(=O)(=O)c1ccc(Br)c(C(=O)O)c1)C(=O)N(C)C. The molecule has 0 spiro atoms. The van der Waals surface area contributed by atoms with Gasteiger partial charge in [-0.05, 0) is 41.1 Å². The normalized spacial score (nSPS) is 12.8. The molecule has 0 aliphatic heterocycles. The number of aromatic carboxylic acids is 1. The highest BCUT2D eigenvalue weighted by Gasteiger charge is 2.24. The Morgan fingerprint density at radius 2 is 1.90 bits per heavy atom. The molecular formula is C12H15BrN2O5S. The van der Waals surface area contributed by atoms with E-state index in [1.807, 2.05) is 0 Å². The van der Waals surface area contributed by atoms with Crippen LogP contribution in [-0.4, -0.2) is 50.4 Å². The largest absolute Gasteiger partial charge is 0.478 e. The molecule has 7 nitrogen and oxygen atoms in total. The van der Waals surface area contributed by atoms with Gasteiger partial charge in [-0.3, -0.25) is 4.79 Å². The first kappa shape index (κ1) is 17.6. The van der Waals surface area contributed by atoms with E-state index in [9.17, 15) is 18.0 Å². The molecule has 0 aliphatic rings. The van der Waals surface area contributed by atoms with E-state index >= 15 is 0 Å². The van der Waals surface area contributed by atoms with Crippen LogP contribution < -0.4 is 4.72 Å². The van der Waals surface area contributed by atoms with Crippen molar-refractivity contribution in [3.05, 3.63) is 28.2 Å². The molecule has 1 atom stereocenters. The van der Waals surface area contributed by atoms with Crippen molar-refractivity contribution in [2.24, 2.45) is 0 Å². The van der Waals surface area contributed by atoms with Crippen molar-refractivity contribution in [3.63, 3.8) is 0 Å². The minimum atomic E-state index is -3.99. The molecule has 0 heterocycles. The van der Waals surface area contributed by atoms with Gasteiger partial charge >= 0.3 is 5.97 Å². The number of carboxylic acids is 1. The van der Waals surface area contributed by atoms with Gasteiger partial charge in [-0.2, -0.15) is 4.72 Å². The fourth-order valence-corrected chi connectivity index (χ4v) is 3.21. The number of carbonyl (C=O) groups is 2. The Hall–Kier alpha value is -1.45. The van der Waals surface area contributed by atoms with Crippen LogP contribution in [0.1, 0.15) is 17.3 Å². The molecule has 1 unspecified atom stereocenters. The zero-order valence-electron chi connectivity index (χ0n) is 11.6. The topological polar surface area (TPSA) is 104 Å². The van der Waals surface area contributed by atoms with E-state index in [1.54, 1.807) is 0 Å². The quantitative estimate of drug-likeness (QED) is 0.791. The number of nitrogens with one attached hydrogen (secondary N) is 1. The number of amides is 1. The average Bonchev–Trinajstić information content (AvgIpc) is 2.36. The average molecular weight is 379 g/mol. The highest BCUT2D eigenvalue weighted by atomic mass is 79.9. The maximum absolute atomic E-state index is 12.2. The Bertz CT molecular complexity index is 672. The van der Waals surface area contributed by atoms with Gasteiger partial charge in [-0.1, -0.05) is 0 Å². The summed E-state index contributed by atoms with van der Waals surface area (Å²) in [5, 5.41) is 8.99. The van der Waals surface area contributed by atoms with Gasteiger partial charge < -0.3 is 10.0 Å². The molecule has 1 aromatic rings. The molecule has 0 fully saturated rings. The van der Waals surface area contributed by atoms with Gasteiger partial charge in [0.25, 0.3) is 0 Å². The van der Waals surface area contributed by atoms with E-state index in [2.05, 4.69) is 20.7 Å². The Kier molecular flexibility index (Phi) is 5.48. The molecule has 116 valence electrons. The molecule has 1 amide bonds. The van der Waals surface area contributed by atoms with Gasteiger partial charge in [0, 0.05) is 18.6 Å². The maximum atomic E-state index is 12.2. The molecular weight excluding hydrogens is 364 g/mol. The van der Waals surface area contributed by atoms with Crippen LogP contribution in [0.25, 0.3) is 0 Å². The third-order valence-corrected chi connectivity index (χ3v) is 4.85. The lowest BCUT2D eigenvalue weighted by Gasteiger charge is -2.18. The van der Waals surface area contributed by atoms with Crippen LogP contribution >= 0.6 is 15.9 Å². The number of carboxylic acid groups (broad SMARTS) is 1. The Labute approximate surface area is 131 Å². The van der Waals surface area contributed by atoms with E-state index in [4.69, 9.17) is 5.11 Å². The summed E-state index contributed by atoms with van der Waals surface area (Å²) in [6.45, 7) is 1.41. The number of benzene rings is 1. The standard InChI is InChI=1S/C12H15BrN2O5S/c1-7(11(16)15(2)3)14-21(19,20)8-4-5-10(13)9(6-8)12(17)18/h4-7,14H,1-3H3,(H,17,18). The van der Waals surface area contributed by atoms with E-state index in [0.717, 1.165) is 6.07 Å². The molecule has 1 aromatic carbocycles. The first-order valence-corrected chi connectivity index (χ1v) is 8.10. The fraction of sp³-hybridized carbons (Fsp3) is 0.333. The zero-order valence-corrected chi connectivity index (χ0v) is 14.0. The lowest BCUT2D eigenvalue weighted by Crippen LogP contribution is -2.44. The van der Waals surface area contributed by atoms with Gasteiger partial charge in [0.15, 0.2) is 0 Å². The van der Waals surface area contributed by atoms with E-state index in [1.165, 1.54) is 38.1 Å². The number of sulfonamides is 1. The van der Waals surface area contributed by atoms with E-state index < -0.39 is 27.9 Å². The summed E-state index contributed by atoms with van der Waals surface area (Å²) in [6.07, 6.45) is 0. The second-order valence-corrected chi connectivity index (χ2v) is 7.09. The first-order valence-electron chi connectivity index (χ1n) is 5.82. The van der Waals surface area contributed by atoms with Crippen molar-refractivity contribution in [3.8, 4) is 0 Å². The predicted molar refractivity (Wildman–Crippen MR) is 79.6 cm³/mol. The number of halogens is 1. The summed E-state index contributed by atoms with van der Waals surface area (Å²) in [6, 6.07) is 2.66. The summed E-state index contributed by atoms with van der Waals surface area (Å²) < 4.78 is 26.8. The molecule has 21 heavy (non-hydrogen) atoms. The molecule has 9 heteroatoms. The Morgan fingerprint density at radius 3 is 2.38 bits per heavy atom. The molecule has 2 N–H and O–H groups in total. The number of likely N-dealkylation sites (N-methyl/N-ethyl adjacent to an activating group) is 1. The van der Waals surface area contributed by atoms with Gasteiger partial charge in [-0.15, -0.1) is 0 Å². The fourth-order valence-electron chi connectivity index (χ4n) is 1.57. The number of hydrogen-bond acceptors (Lipinski definition) is 4. The minimum absolute atomic E-state index is 0.176. The van der Waals surface area contributed by atoms with Crippen LogP contribution in [0.3, 0.4) is 0 Å². The van der Waals surface area contributed by atoms with Gasteiger partial charge in [-0.25, -0.2) is 13.2 Å². The number of carbonyl (C=O) groups excluding carboxylic acids is 1. The monoisotopic (exact) mass is 378 g/mol. The van der Waals surface area contributed by atoms with Crippen LogP contribution in [0.4, 0.5) is 0 Å². The van der Waals surface area contributed by atoms with E-state index in [0.29, 0.717) is 0 Å². The second-order valence-electron chi connectivity index (χ2n) is 4.52. The number of hydrogen-bond donors (Lipinski definition) is 2.